The third-order valence-corrected chi connectivity index (χ3v) is 7.17. The van der Waals surface area contributed by atoms with E-state index >= 15 is 0 Å². The van der Waals surface area contributed by atoms with Gasteiger partial charge in [0.2, 0.25) is 0 Å². The quantitative estimate of drug-likeness (QED) is 0.296. The van der Waals surface area contributed by atoms with E-state index in [1.165, 1.54) is 6.33 Å². The first-order chi connectivity index (χ1) is 19.4. The number of amides is 1. The fourth-order valence-corrected chi connectivity index (χ4v) is 4.91. The van der Waals surface area contributed by atoms with Gasteiger partial charge in [0, 0.05) is 42.5 Å². The van der Waals surface area contributed by atoms with Crippen molar-refractivity contribution in [3.8, 4) is 0 Å². The average molecular weight is 547 g/mol. The summed E-state index contributed by atoms with van der Waals surface area (Å²) in [5.74, 6) is 1.08. The van der Waals surface area contributed by atoms with E-state index in [4.69, 9.17) is 9.72 Å². The van der Waals surface area contributed by atoms with Gasteiger partial charge in [-0.15, -0.1) is 0 Å². The van der Waals surface area contributed by atoms with Gasteiger partial charge in [-0.25, -0.2) is 24.5 Å². The van der Waals surface area contributed by atoms with Crippen LogP contribution in [0, 0.1) is 6.92 Å². The second-order valence-electron chi connectivity index (χ2n) is 10.0. The maximum absolute atomic E-state index is 12.2. The summed E-state index contributed by atoms with van der Waals surface area (Å²) in [4.78, 5) is 40.1. The molecule has 0 spiro atoms. The van der Waals surface area contributed by atoms with Crippen molar-refractivity contribution in [2.75, 3.05) is 29.9 Å². The van der Waals surface area contributed by atoms with Gasteiger partial charge < -0.3 is 25.4 Å². The van der Waals surface area contributed by atoms with Crippen LogP contribution in [0.4, 0.5) is 16.4 Å². The fraction of sp³-hybridized carbons (Fsp3) is 0.433. The Morgan fingerprint density at radius 3 is 2.60 bits per heavy atom. The van der Waals surface area contributed by atoms with Crippen molar-refractivity contribution >= 4 is 23.7 Å². The van der Waals surface area contributed by atoms with Gasteiger partial charge in [0.15, 0.2) is 0 Å². The first-order valence-electron chi connectivity index (χ1n) is 13.9. The molecule has 3 N–H and O–H groups in total. The molecule has 4 rings (SSSR count). The number of hydrogen-bond acceptors (Lipinski definition) is 8. The van der Waals surface area contributed by atoms with E-state index in [0.29, 0.717) is 12.3 Å². The van der Waals surface area contributed by atoms with E-state index in [-0.39, 0.29) is 13.0 Å². The van der Waals surface area contributed by atoms with Crippen molar-refractivity contribution in [2.45, 2.75) is 64.5 Å². The third-order valence-electron chi connectivity index (χ3n) is 7.17. The fourth-order valence-electron chi connectivity index (χ4n) is 4.91. The minimum absolute atomic E-state index is 0.0708. The molecule has 3 heterocycles. The summed E-state index contributed by atoms with van der Waals surface area (Å²) in [6.45, 7) is 6.79. The Morgan fingerprint density at radius 2 is 1.88 bits per heavy atom. The average Bonchev–Trinajstić information content (AvgIpc) is 2.98. The number of piperidine rings is 1. The molecule has 0 saturated carbocycles. The van der Waals surface area contributed by atoms with Crippen molar-refractivity contribution in [2.24, 2.45) is 0 Å². The minimum atomic E-state index is -1.12. The number of alkyl carbamates (subject to hydrolysis) is 1. The van der Waals surface area contributed by atoms with Gasteiger partial charge in [-0.2, -0.15) is 0 Å². The highest BCUT2D eigenvalue weighted by atomic mass is 16.5. The van der Waals surface area contributed by atoms with E-state index in [0.717, 1.165) is 73.0 Å². The molecular formula is C30H38N6O4. The Labute approximate surface area is 235 Å². The SMILES string of the molecule is CCCNc1cccc(C2CCN(c3ncnc(CCC(NC(=O)OCc4ccccc4)C(=O)O)c3C)CC2)n1. The van der Waals surface area contributed by atoms with Crippen LogP contribution in [0.5, 0.6) is 0 Å². The summed E-state index contributed by atoms with van der Waals surface area (Å²) in [7, 11) is 0. The summed E-state index contributed by atoms with van der Waals surface area (Å²) in [5, 5.41) is 15.5. The van der Waals surface area contributed by atoms with Crippen LogP contribution in [0.2, 0.25) is 0 Å². The number of nitrogens with zero attached hydrogens (tertiary/aromatic N) is 4. The van der Waals surface area contributed by atoms with Crippen molar-refractivity contribution in [1.82, 2.24) is 20.3 Å². The topological polar surface area (TPSA) is 130 Å². The zero-order chi connectivity index (χ0) is 28.3. The second-order valence-corrected chi connectivity index (χ2v) is 10.0. The van der Waals surface area contributed by atoms with Crippen LogP contribution < -0.4 is 15.5 Å². The van der Waals surface area contributed by atoms with Crippen LogP contribution >= 0.6 is 0 Å². The summed E-state index contributed by atoms with van der Waals surface area (Å²) in [5.41, 5.74) is 3.65. The number of carbonyl (C=O) groups excluding carboxylic acids is 1. The largest absolute Gasteiger partial charge is 0.480 e. The molecule has 1 atom stereocenters. The lowest BCUT2D eigenvalue weighted by Crippen LogP contribution is -2.41. The van der Waals surface area contributed by atoms with Crippen LogP contribution in [0.3, 0.4) is 0 Å². The first kappa shape index (κ1) is 28.8. The van der Waals surface area contributed by atoms with Crippen LogP contribution in [0.25, 0.3) is 0 Å². The van der Waals surface area contributed by atoms with E-state index in [1.54, 1.807) is 0 Å². The number of carboxylic acids is 1. The van der Waals surface area contributed by atoms with Gasteiger partial charge in [-0.1, -0.05) is 43.3 Å². The zero-order valence-electron chi connectivity index (χ0n) is 23.2. The number of nitrogens with one attached hydrogen (secondary N) is 2. The van der Waals surface area contributed by atoms with Gasteiger partial charge in [-0.05, 0) is 56.7 Å². The molecule has 1 fully saturated rings. The minimum Gasteiger partial charge on any atom is -0.480 e. The number of benzene rings is 1. The molecule has 0 bridgehead atoms. The first-order valence-corrected chi connectivity index (χ1v) is 13.9. The molecule has 1 amide bonds. The zero-order valence-corrected chi connectivity index (χ0v) is 23.2. The van der Waals surface area contributed by atoms with Crippen LogP contribution in [-0.2, 0) is 22.6 Å². The molecule has 10 nitrogen and oxygen atoms in total. The lowest BCUT2D eigenvalue weighted by molar-refractivity contribution is -0.139. The third kappa shape index (κ3) is 7.91. The molecule has 10 heteroatoms. The highest BCUT2D eigenvalue weighted by Gasteiger charge is 2.25. The number of hydrogen-bond donors (Lipinski definition) is 3. The van der Waals surface area contributed by atoms with Gasteiger partial charge in [-0.3, -0.25) is 0 Å². The van der Waals surface area contributed by atoms with Gasteiger partial charge in [0.25, 0.3) is 0 Å². The van der Waals surface area contributed by atoms with Gasteiger partial charge in [0.1, 0.15) is 30.6 Å². The van der Waals surface area contributed by atoms with Crippen molar-refractivity contribution in [1.29, 1.82) is 0 Å². The highest BCUT2D eigenvalue weighted by molar-refractivity contribution is 5.79. The highest BCUT2D eigenvalue weighted by Crippen LogP contribution is 2.31. The van der Waals surface area contributed by atoms with Crippen LogP contribution in [0.1, 0.15) is 61.0 Å². The summed E-state index contributed by atoms with van der Waals surface area (Å²) >= 11 is 0. The number of anilines is 2. The second kappa shape index (κ2) is 14.3. The predicted molar refractivity (Wildman–Crippen MR) is 153 cm³/mol. The Kier molecular flexibility index (Phi) is 10.3. The number of carboxylic acid groups (broad SMARTS) is 1. The normalized spacial score (nSPS) is 14.4. The molecule has 1 aliphatic rings. The monoisotopic (exact) mass is 546 g/mol. The summed E-state index contributed by atoms with van der Waals surface area (Å²) in [6.07, 6.45) is 4.34. The Hall–Kier alpha value is -4.21. The Bertz CT molecular complexity index is 1260. The molecule has 1 saturated heterocycles. The molecule has 3 aromatic rings. The number of aliphatic carboxylic acids is 1. The number of pyridine rings is 1. The molecular weight excluding hydrogens is 508 g/mol. The molecule has 1 aliphatic heterocycles. The number of aromatic nitrogens is 3. The lowest BCUT2D eigenvalue weighted by atomic mass is 9.92. The van der Waals surface area contributed by atoms with Gasteiger partial charge in [0.05, 0.1) is 0 Å². The van der Waals surface area contributed by atoms with Crippen molar-refractivity contribution in [3.05, 3.63) is 77.4 Å². The van der Waals surface area contributed by atoms with Crippen molar-refractivity contribution in [3.63, 3.8) is 0 Å². The van der Waals surface area contributed by atoms with E-state index in [2.05, 4.69) is 44.6 Å². The molecule has 2 aromatic heterocycles. The number of aryl methyl sites for hydroxylation is 1. The number of carbonyl (C=O) groups is 2. The smallest absolute Gasteiger partial charge is 0.408 e. The van der Waals surface area contributed by atoms with E-state index in [9.17, 15) is 14.7 Å². The standard InChI is InChI=1S/C30H38N6O4/c1-3-16-31-27-11-7-10-25(34-27)23-14-17-36(18-15-23)28-21(2)24(32-20-33-28)12-13-26(29(37)38)35-30(39)40-19-22-8-5-4-6-9-22/h4-11,20,23,26H,3,12-19H2,1-2H3,(H,31,34)(H,35,39)(H,37,38). The molecule has 1 aromatic carbocycles. The lowest BCUT2D eigenvalue weighted by Gasteiger charge is -2.33. The molecule has 212 valence electrons. The number of ether oxygens (including phenoxy) is 1. The predicted octanol–water partition coefficient (Wildman–Crippen LogP) is 4.70. The van der Waals surface area contributed by atoms with Gasteiger partial charge >= 0.3 is 12.1 Å². The van der Waals surface area contributed by atoms with E-state index in [1.807, 2.05) is 43.3 Å². The number of rotatable bonds is 12. The molecule has 0 aliphatic carbocycles. The van der Waals surface area contributed by atoms with Crippen molar-refractivity contribution < 1.29 is 19.4 Å². The summed E-state index contributed by atoms with van der Waals surface area (Å²) < 4.78 is 5.19. The molecule has 1 unspecified atom stereocenters. The maximum atomic E-state index is 12.2. The Balaban J connectivity index is 1.31. The van der Waals surface area contributed by atoms with Crippen LogP contribution in [-0.4, -0.2) is 57.8 Å². The van der Waals surface area contributed by atoms with Crippen LogP contribution in [0.15, 0.2) is 54.9 Å². The summed E-state index contributed by atoms with van der Waals surface area (Å²) in [6, 6.07) is 14.3. The molecule has 0 radical (unpaired) electrons. The maximum Gasteiger partial charge on any atom is 0.408 e. The Morgan fingerprint density at radius 1 is 1.10 bits per heavy atom. The molecule has 40 heavy (non-hydrogen) atoms. The van der Waals surface area contributed by atoms with E-state index < -0.39 is 18.1 Å².